The Morgan fingerprint density at radius 1 is 0.500 bits per heavy atom. The van der Waals surface area contributed by atoms with Crippen LogP contribution in [-0.2, 0) is 103 Å². The fourth-order valence-electron chi connectivity index (χ4n) is 8.75. The molecule has 0 unspecified atom stereocenters. The highest BCUT2D eigenvalue weighted by Gasteiger charge is 2.41. The van der Waals surface area contributed by atoms with Crippen molar-refractivity contribution in [3.05, 3.63) is 83.0 Å². The molecule has 0 saturated carbocycles. The third-order valence-corrected chi connectivity index (χ3v) is 13.9. The minimum absolute atomic E-state index is 0.0481. The van der Waals surface area contributed by atoms with Crippen LogP contribution < -0.4 is 9.47 Å². The summed E-state index contributed by atoms with van der Waals surface area (Å²) in [6.45, 7) is 10.1. The first kappa shape index (κ1) is 74.8. The van der Waals surface area contributed by atoms with Gasteiger partial charge in [-0.2, -0.15) is 19.2 Å². The van der Waals surface area contributed by atoms with Crippen molar-refractivity contribution in [3.8, 4) is 11.5 Å². The number of nitrogens with zero attached hydrogens (tertiary/aromatic N) is 2. The molecule has 4 heterocycles. The van der Waals surface area contributed by atoms with E-state index in [0.717, 1.165) is 73.1 Å². The largest absolute Gasteiger partial charge is 0.462 e. The molecule has 6 N–H and O–H groups in total. The number of carbonyl (C=O) groups is 8. The molecule has 484 valence electrons. The molecule has 0 spiro atoms. The summed E-state index contributed by atoms with van der Waals surface area (Å²) in [5, 5.41) is 60.2. The molecule has 4 aliphatic rings. The molecule has 0 radical (unpaired) electrons. The molecule has 6 rings (SSSR count). The molecule has 8 atom stereocenters. The van der Waals surface area contributed by atoms with Gasteiger partial charge in [-0.15, -0.1) is 0 Å². The Labute approximate surface area is 509 Å². The van der Waals surface area contributed by atoms with E-state index in [1.165, 1.54) is 17.1 Å². The quantitative estimate of drug-likeness (QED) is 0.0405. The summed E-state index contributed by atoms with van der Waals surface area (Å²) < 4.78 is 33.5. The number of ether oxygens (including phenoxy) is 6. The number of esters is 2. The summed E-state index contributed by atoms with van der Waals surface area (Å²) in [5.41, 5.74) is 1.58. The van der Waals surface area contributed by atoms with Gasteiger partial charge in [0.2, 0.25) is 12.6 Å². The Morgan fingerprint density at radius 2 is 0.852 bits per heavy atom. The molecular formula is C62H82N2O24. The van der Waals surface area contributed by atoms with Crippen molar-refractivity contribution in [1.82, 2.24) is 9.80 Å². The summed E-state index contributed by atoms with van der Waals surface area (Å²) in [6, 6.07) is 10.9. The van der Waals surface area contributed by atoms with Crippen LogP contribution in [0, 0.1) is 10.8 Å². The number of Topliss-reactive ketones (excluding diaryl/α,β-unsaturated/α-hetero) is 2. The van der Waals surface area contributed by atoms with Gasteiger partial charge in [0, 0.05) is 61.2 Å². The van der Waals surface area contributed by atoms with E-state index in [4.69, 9.17) is 47.6 Å². The number of hydrogen-bond donors (Lipinski definition) is 6. The van der Waals surface area contributed by atoms with Gasteiger partial charge in [-0.05, 0) is 116 Å². The zero-order valence-corrected chi connectivity index (χ0v) is 50.5. The van der Waals surface area contributed by atoms with Crippen molar-refractivity contribution in [1.29, 1.82) is 0 Å². The summed E-state index contributed by atoms with van der Waals surface area (Å²) in [7, 11) is 0. The summed E-state index contributed by atoms with van der Waals surface area (Å²) >= 11 is 0. The van der Waals surface area contributed by atoms with Gasteiger partial charge in [-0.25, -0.2) is 0 Å². The maximum absolute atomic E-state index is 12.3. The van der Waals surface area contributed by atoms with Gasteiger partial charge in [0.1, 0.15) is 67.1 Å². The van der Waals surface area contributed by atoms with Crippen molar-refractivity contribution in [2.75, 3.05) is 26.3 Å². The van der Waals surface area contributed by atoms with E-state index in [-0.39, 0.29) is 81.0 Å². The zero-order chi connectivity index (χ0) is 65.7. The first-order valence-electron chi connectivity index (χ1n) is 28.9. The Balaban J connectivity index is 0.000000424. The van der Waals surface area contributed by atoms with Gasteiger partial charge in [-0.3, -0.25) is 48.2 Å². The smallest absolute Gasteiger partial charge is 0.373 e. The number of amides is 4. The molecule has 2 saturated heterocycles. The van der Waals surface area contributed by atoms with Crippen LogP contribution in [0.1, 0.15) is 141 Å². The fourth-order valence-corrected chi connectivity index (χ4v) is 8.75. The summed E-state index contributed by atoms with van der Waals surface area (Å²) in [4.78, 5) is 130. The van der Waals surface area contributed by atoms with E-state index in [1.54, 1.807) is 65.8 Å². The second-order valence-electron chi connectivity index (χ2n) is 23.2. The molecular weight excluding hydrogens is 1160 g/mol. The number of ketones is 2. The topological polar surface area (TPSA) is 388 Å². The van der Waals surface area contributed by atoms with E-state index in [9.17, 15) is 69.0 Å². The van der Waals surface area contributed by atoms with Crippen LogP contribution in [0.25, 0.3) is 0 Å². The van der Waals surface area contributed by atoms with E-state index in [2.05, 4.69) is 0 Å². The minimum atomic E-state index is -1.48. The standard InChI is InChI=1S/C32H45NO10.C28H37NO10.2CO2/c1-32(2,3)31(40)42-19-22-14-13-21(18-25(22)43-30-29(39)28(38)24(35)20-41-30)10-6-4-7-11-23(34)12-8-5-9-17-33-26(36)15-16-27(33)37;1-28(2,3)27(36)38-15-18-10-9-17(13-21(18)39-26-25(35)24(34)20(31)16-37-26)7-5-4-6-8-19(30)14-29-22(32)11-12-23(29)33;2*2-1-3/h13-16,18,24,28-30,35,38-39H,4-12,17,19-20H2,1-3H3;9-13,20,24-26,31,34-35H,4-8,14-16H2,1-3H3;;/t24-,28+,29-,30+;20-,24+,25-,26+;;/m01../s1. The summed E-state index contributed by atoms with van der Waals surface area (Å²) in [6.07, 6.45) is 4.02. The number of carbonyl (C=O) groups excluding carboxylic acids is 12. The monoisotopic (exact) mass is 1240 g/mol. The fraction of sp³-hybridized carbons (Fsp3) is 0.581. The van der Waals surface area contributed by atoms with E-state index in [0.29, 0.717) is 67.7 Å². The van der Waals surface area contributed by atoms with Gasteiger partial charge in [-0.1, -0.05) is 43.5 Å². The number of aliphatic hydroxyl groups excluding tert-OH is 6. The second-order valence-corrected chi connectivity index (χ2v) is 23.2. The van der Waals surface area contributed by atoms with E-state index >= 15 is 0 Å². The van der Waals surface area contributed by atoms with Gasteiger partial charge >= 0.3 is 24.2 Å². The number of aryl methyl sites for hydroxylation is 2. The Bertz CT molecular complexity index is 2760. The first-order valence-corrected chi connectivity index (χ1v) is 28.9. The lowest BCUT2D eigenvalue weighted by Gasteiger charge is -2.35. The van der Waals surface area contributed by atoms with Crippen LogP contribution in [0.3, 0.4) is 0 Å². The molecule has 2 fully saturated rings. The molecule has 26 heteroatoms. The van der Waals surface area contributed by atoms with E-state index in [1.807, 2.05) is 12.1 Å². The predicted octanol–water partition coefficient (Wildman–Crippen LogP) is 2.77. The molecule has 0 bridgehead atoms. The molecule has 4 amide bonds. The number of unbranched alkanes of at least 4 members (excludes halogenated alkanes) is 6. The molecule has 88 heavy (non-hydrogen) atoms. The van der Waals surface area contributed by atoms with Crippen molar-refractivity contribution in [2.45, 2.75) is 194 Å². The number of rotatable bonds is 28. The van der Waals surface area contributed by atoms with Crippen LogP contribution in [-0.4, -0.2) is 175 Å². The highest BCUT2D eigenvalue weighted by molar-refractivity contribution is 6.14. The molecule has 2 aromatic carbocycles. The maximum Gasteiger partial charge on any atom is 0.373 e. The van der Waals surface area contributed by atoms with Gasteiger partial charge in [0.15, 0.2) is 5.78 Å². The summed E-state index contributed by atoms with van der Waals surface area (Å²) in [5.74, 6) is -1.59. The molecule has 4 aliphatic heterocycles. The lowest BCUT2D eigenvalue weighted by Crippen LogP contribution is -2.54. The minimum Gasteiger partial charge on any atom is -0.462 e. The van der Waals surface area contributed by atoms with Crippen LogP contribution in [0.2, 0.25) is 0 Å². The Hall–Kier alpha value is -7.48. The van der Waals surface area contributed by atoms with Gasteiger partial charge in [0.05, 0.1) is 30.6 Å². The lowest BCUT2D eigenvalue weighted by molar-refractivity contribution is -0.242. The maximum atomic E-state index is 12.3. The second kappa shape index (κ2) is 37.4. The van der Waals surface area contributed by atoms with Crippen LogP contribution in [0.15, 0.2) is 60.7 Å². The number of imide groups is 2. The third-order valence-electron chi connectivity index (χ3n) is 13.9. The number of hydrogen-bond acceptors (Lipinski definition) is 24. The molecule has 0 aromatic heterocycles. The highest BCUT2D eigenvalue weighted by atomic mass is 16.7. The van der Waals surface area contributed by atoms with Crippen LogP contribution >= 0.6 is 0 Å². The van der Waals surface area contributed by atoms with Crippen molar-refractivity contribution >= 4 is 59.4 Å². The van der Waals surface area contributed by atoms with Gasteiger partial charge in [0.25, 0.3) is 23.6 Å². The predicted molar refractivity (Wildman–Crippen MR) is 303 cm³/mol. The van der Waals surface area contributed by atoms with Gasteiger partial charge < -0.3 is 59.1 Å². The average molecular weight is 1240 g/mol. The van der Waals surface area contributed by atoms with Crippen LogP contribution in [0.5, 0.6) is 11.5 Å². The zero-order valence-electron chi connectivity index (χ0n) is 50.5. The Morgan fingerprint density at radius 3 is 1.23 bits per heavy atom. The van der Waals surface area contributed by atoms with Crippen molar-refractivity contribution in [3.63, 3.8) is 0 Å². The molecule has 2 aromatic rings. The normalized spacial score (nSPS) is 21.4. The van der Waals surface area contributed by atoms with E-state index < -0.39 is 77.8 Å². The Kier molecular flexibility index (Phi) is 31.8. The average Bonchev–Trinajstić information content (AvgIpc) is 3.90. The first-order chi connectivity index (χ1) is 41.6. The number of aliphatic hydroxyl groups is 6. The molecule has 0 aliphatic carbocycles. The molecule has 26 nitrogen and oxygen atoms in total. The van der Waals surface area contributed by atoms with Crippen molar-refractivity contribution < 1.29 is 117 Å². The highest BCUT2D eigenvalue weighted by Crippen LogP contribution is 2.31. The number of benzene rings is 2. The van der Waals surface area contributed by atoms with Crippen LogP contribution in [0.4, 0.5) is 0 Å². The third kappa shape index (κ3) is 25.3. The van der Waals surface area contributed by atoms with Crippen molar-refractivity contribution in [2.24, 2.45) is 10.8 Å². The SMILES string of the molecule is CC(C)(C)C(=O)OCc1ccc(CCCCCC(=O)CCCCCN2C(=O)C=CC2=O)cc1O[C@H]1OC[C@H](O)[C@@H](O)[C@@H]1O.CC(C)(C)C(=O)OCc1ccc(CCCCCC(=O)CN2C(=O)C=CC2=O)cc1O[C@@H]1OC[C@@H](O)[C@H](O)[C@H]1O.O=C=O.O=C=O. The lowest BCUT2D eigenvalue weighted by atomic mass is 9.97.